The van der Waals surface area contributed by atoms with Crippen LogP contribution in [-0.4, -0.2) is 24.6 Å². The van der Waals surface area contributed by atoms with Crippen LogP contribution in [-0.2, 0) is 9.53 Å². The fourth-order valence-electron chi connectivity index (χ4n) is 1.68. The molecule has 0 spiro atoms. The summed E-state index contributed by atoms with van der Waals surface area (Å²) in [6.07, 6.45) is 3.28. The Kier molecular flexibility index (Phi) is 6.50. The predicted octanol–water partition coefficient (Wildman–Crippen LogP) is 3.18. The van der Waals surface area contributed by atoms with Crippen molar-refractivity contribution >= 4 is 18.0 Å². The van der Waals surface area contributed by atoms with Crippen LogP contribution < -0.4 is 0 Å². The van der Waals surface area contributed by atoms with Crippen LogP contribution in [0.15, 0.2) is 35.3 Å². The summed E-state index contributed by atoms with van der Waals surface area (Å²) in [5.41, 5.74) is 1.29. The van der Waals surface area contributed by atoms with Gasteiger partial charge in [0, 0.05) is 6.21 Å². The fourth-order valence-corrected chi connectivity index (χ4v) is 1.68. The van der Waals surface area contributed by atoms with E-state index in [-0.39, 0.29) is 12.4 Å². The molecule has 1 aromatic carbocycles. The second-order valence-corrected chi connectivity index (χ2v) is 4.27. The highest BCUT2D eigenvalue weighted by molar-refractivity contribution is 6.35. The number of carbonyl (C=O) groups is 1. The summed E-state index contributed by atoms with van der Waals surface area (Å²) in [6.45, 7) is 4.12. The molecule has 0 heterocycles. The smallest absolute Gasteiger partial charge is 0.375 e. The van der Waals surface area contributed by atoms with Crippen LogP contribution in [0, 0.1) is 5.41 Å². The van der Waals surface area contributed by atoms with Crippen molar-refractivity contribution in [3.05, 3.63) is 35.9 Å². The molecule has 1 unspecified atom stereocenters. The monoisotopic (exact) mass is 260 g/mol. The maximum Gasteiger partial charge on any atom is 0.375 e. The summed E-state index contributed by atoms with van der Waals surface area (Å²) in [5.74, 6) is -0.575. The third-order valence-corrected chi connectivity index (χ3v) is 2.79. The van der Waals surface area contributed by atoms with Gasteiger partial charge in [-0.25, -0.2) is 9.79 Å². The van der Waals surface area contributed by atoms with Gasteiger partial charge in [-0.2, -0.15) is 0 Å². The average Bonchev–Trinajstić information content (AvgIpc) is 2.44. The number of nitrogens with zero attached hydrogens (tertiary/aromatic N) is 1. The molecule has 19 heavy (non-hydrogen) atoms. The first-order valence-electron chi connectivity index (χ1n) is 6.48. The van der Waals surface area contributed by atoms with Gasteiger partial charge >= 0.3 is 5.97 Å². The lowest BCUT2D eigenvalue weighted by Crippen LogP contribution is -2.14. The number of hydrogen-bond donors (Lipinski definition) is 1. The number of amidine groups is 1. The van der Waals surface area contributed by atoms with Crippen molar-refractivity contribution in [2.75, 3.05) is 6.61 Å². The Bertz CT molecular complexity index is 441. The minimum Gasteiger partial charge on any atom is -0.460 e. The predicted molar refractivity (Wildman–Crippen MR) is 76.9 cm³/mol. The van der Waals surface area contributed by atoms with Gasteiger partial charge in [0.1, 0.15) is 0 Å². The van der Waals surface area contributed by atoms with Gasteiger partial charge in [0.15, 0.2) is 0 Å². The van der Waals surface area contributed by atoms with Crippen molar-refractivity contribution in [1.82, 2.24) is 0 Å². The Balaban J connectivity index is 2.34. The highest BCUT2D eigenvalue weighted by Crippen LogP contribution is 2.19. The molecule has 4 heteroatoms. The van der Waals surface area contributed by atoms with Crippen molar-refractivity contribution in [3.63, 3.8) is 0 Å². The van der Waals surface area contributed by atoms with E-state index in [2.05, 4.69) is 28.8 Å². The molecule has 0 aliphatic rings. The number of hydrogen-bond acceptors (Lipinski definition) is 3. The summed E-state index contributed by atoms with van der Waals surface area (Å²) in [7, 11) is 0. The average molecular weight is 260 g/mol. The second-order valence-electron chi connectivity index (χ2n) is 4.27. The van der Waals surface area contributed by atoms with E-state index in [1.807, 2.05) is 18.2 Å². The SMILES string of the molecule is CCOC(=O)C(=N)N=CCCC(C)c1ccccc1. The van der Waals surface area contributed by atoms with Crippen molar-refractivity contribution in [2.45, 2.75) is 32.6 Å². The minimum atomic E-state index is -0.671. The molecule has 0 bridgehead atoms. The molecule has 0 fully saturated rings. The lowest BCUT2D eigenvalue weighted by Gasteiger charge is -2.09. The normalized spacial score (nSPS) is 12.3. The number of rotatable bonds is 5. The molecule has 0 amide bonds. The van der Waals surface area contributed by atoms with Gasteiger partial charge in [-0.05, 0) is 31.2 Å². The molecule has 1 atom stereocenters. The van der Waals surface area contributed by atoms with E-state index in [0.717, 1.165) is 12.8 Å². The highest BCUT2D eigenvalue weighted by Gasteiger charge is 2.07. The van der Waals surface area contributed by atoms with Crippen LogP contribution in [0.2, 0.25) is 0 Å². The number of aliphatic imine (C=N–C) groups is 1. The van der Waals surface area contributed by atoms with Crippen molar-refractivity contribution in [1.29, 1.82) is 5.41 Å². The number of carbonyl (C=O) groups excluding carboxylic acids is 1. The van der Waals surface area contributed by atoms with E-state index >= 15 is 0 Å². The fraction of sp³-hybridized carbons (Fsp3) is 0.400. The summed E-state index contributed by atoms with van der Waals surface area (Å²) < 4.78 is 4.67. The van der Waals surface area contributed by atoms with Crippen LogP contribution in [0.25, 0.3) is 0 Å². The van der Waals surface area contributed by atoms with Crippen LogP contribution in [0.3, 0.4) is 0 Å². The van der Waals surface area contributed by atoms with E-state index in [9.17, 15) is 4.79 Å². The highest BCUT2D eigenvalue weighted by atomic mass is 16.5. The molecule has 102 valence electrons. The van der Waals surface area contributed by atoms with E-state index in [0.29, 0.717) is 5.92 Å². The molecule has 0 aliphatic carbocycles. The third-order valence-electron chi connectivity index (χ3n) is 2.79. The molecule has 0 aliphatic heterocycles. The summed E-state index contributed by atoms with van der Waals surface area (Å²) in [6, 6.07) is 10.2. The zero-order valence-corrected chi connectivity index (χ0v) is 11.4. The van der Waals surface area contributed by atoms with Crippen LogP contribution in [0.4, 0.5) is 0 Å². The zero-order chi connectivity index (χ0) is 14.1. The number of nitrogens with one attached hydrogen (secondary N) is 1. The maximum absolute atomic E-state index is 11.1. The van der Waals surface area contributed by atoms with Gasteiger partial charge in [-0.15, -0.1) is 0 Å². The van der Waals surface area contributed by atoms with Gasteiger partial charge in [0.25, 0.3) is 0 Å². The molecule has 1 rings (SSSR count). The maximum atomic E-state index is 11.1. The summed E-state index contributed by atoms with van der Waals surface area (Å²) >= 11 is 0. The second kappa shape index (κ2) is 8.19. The van der Waals surface area contributed by atoms with E-state index in [1.54, 1.807) is 13.1 Å². The van der Waals surface area contributed by atoms with Gasteiger partial charge in [-0.3, -0.25) is 5.41 Å². The van der Waals surface area contributed by atoms with Crippen molar-refractivity contribution in [2.24, 2.45) is 4.99 Å². The van der Waals surface area contributed by atoms with Crippen LogP contribution in [0.5, 0.6) is 0 Å². The number of ether oxygens (including phenoxy) is 1. The van der Waals surface area contributed by atoms with E-state index < -0.39 is 5.97 Å². The third kappa shape index (κ3) is 5.46. The Morgan fingerprint density at radius 3 is 2.74 bits per heavy atom. The van der Waals surface area contributed by atoms with Crippen molar-refractivity contribution in [3.8, 4) is 0 Å². The van der Waals surface area contributed by atoms with E-state index in [4.69, 9.17) is 5.41 Å². The van der Waals surface area contributed by atoms with Gasteiger partial charge in [-0.1, -0.05) is 37.3 Å². The van der Waals surface area contributed by atoms with Crippen molar-refractivity contribution < 1.29 is 9.53 Å². The number of esters is 1. The van der Waals surface area contributed by atoms with Gasteiger partial charge < -0.3 is 4.74 Å². The molecule has 4 nitrogen and oxygen atoms in total. The lowest BCUT2D eigenvalue weighted by molar-refractivity contribution is -0.135. The Morgan fingerprint density at radius 2 is 2.11 bits per heavy atom. The molecule has 1 aromatic rings. The minimum absolute atomic E-state index is 0.266. The molecular weight excluding hydrogens is 240 g/mol. The zero-order valence-electron chi connectivity index (χ0n) is 11.4. The molecule has 1 N–H and O–H groups in total. The Hall–Kier alpha value is -1.97. The van der Waals surface area contributed by atoms with Crippen LogP contribution in [0.1, 0.15) is 38.2 Å². The first kappa shape index (κ1) is 15.1. The standard InChI is InChI=1S/C15H20N2O2/c1-3-19-15(18)14(16)17-11-7-8-12(2)13-9-5-4-6-10-13/h4-6,9-12,16H,3,7-8H2,1-2H3. The Labute approximate surface area is 114 Å². The Morgan fingerprint density at radius 1 is 1.42 bits per heavy atom. The van der Waals surface area contributed by atoms with Crippen LogP contribution >= 0.6 is 0 Å². The molecular formula is C15H20N2O2. The summed E-state index contributed by atoms with van der Waals surface area (Å²) in [5, 5.41) is 7.38. The van der Waals surface area contributed by atoms with E-state index in [1.165, 1.54) is 5.56 Å². The number of benzene rings is 1. The summed E-state index contributed by atoms with van der Waals surface area (Å²) in [4.78, 5) is 14.9. The molecule has 0 aromatic heterocycles. The first-order valence-corrected chi connectivity index (χ1v) is 6.48. The molecule has 0 saturated heterocycles. The van der Waals surface area contributed by atoms with Gasteiger partial charge in [0.2, 0.25) is 5.84 Å². The lowest BCUT2D eigenvalue weighted by atomic mass is 9.97. The van der Waals surface area contributed by atoms with Gasteiger partial charge in [0.05, 0.1) is 6.61 Å². The quantitative estimate of drug-likeness (QED) is 0.502. The molecule has 0 saturated carbocycles. The largest absolute Gasteiger partial charge is 0.460 e. The first-order chi connectivity index (χ1) is 9.15. The topological polar surface area (TPSA) is 62.5 Å². The molecule has 0 radical (unpaired) electrons.